The molecule has 0 bridgehead atoms. The molecule has 0 aliphatic heterocycles. The van der Waals surface area contributed by atoms with Crippen molar-refractivity contribution in [2.45, 2.75) is 19.6 Å². The van der Waals surface area contributed by atoms with Crippen molar-refractivity contribution >= 4 is 11.6 Å². The second kappa shape index (κ2) is 5.99. The molecule has 0 aliphatic rings. The fourth-order valence-corrected chi connectivity index (χ4v) is 1.86. The Kier molecular flexibility index (Phi) is 4.35. The highest BCUT2D eigenvalue weighted by Crippen LogP contribution is 2.26. The first-order chi connectivity index (χ1) is 9.08. The van der Waals surface area contributed by atoms with Crippen molar-refractivity contribution in [2.75, 3.05) is 0 Å². The van der Waals surface area contributed by atoms with Gasteiger partial charge >= 0.3 is 0 Å². The third-order valence-corrected chi connectivity index (χ3v) is 3.04. The second-order valence-electron chi connectivity index (χ2n) is 4.23. The molecule has 1 aromatic carbocycles. The Morgan fingerprint density at radius 3 is 2.89 bits per heavy atom. The number of halogens is 2. The average molecular weight is 281 g/mol. The number of nitrogens with zero attached hydrogens (tertiary/aromatic N) is 1. The van der Waals surface area contributed by atoms with Crippen LogP contribution in [0.2, 0.25) is 5.02 Å². The molecule has 2 rings (SSSR count). The predicted molar refractivity (Wildman–Crippen MR) is 72.6 cm³/mol. The van der Waals surface area contributed by atoms with E-state index in [0.717, 1.165) is 5.56 Å². The van der Waals surface area contributed by atoms with Crippen molar-refractivity contribution in [3.05, 3.63) is 58.6 Å². The summed E-state index contributed by atoms with van der Waals surface area (Å²) in [6, 6.07) is 5.77. The fourth-order valence-electron chi connectivity index (χ4n) is 1.68. The maximum atomic E-state index is 13.2. The fraction of sp³-hybridized carbons (Fsp3) is 0.214. The van der Waals surface area contributed by atoms with Crippen molar-refractivity contribution in [2.24, 2.45) is 5.73 Å². The molecule has 0 radical (unpaired) electrons. The normalized spacial score (nSPS) is 12.2. The van der Waals surface area contributed by atoms with E-state index in [2.05, 4.69) is 4.98 Å². The molecule has 1 aromatic heterocycles. The molecule has 100 valence electrons. The Bertz CT molecular complexity index is 575. The van der Waals surface area contributed by atoms with Crippen LogP contribution in [0.5, 0.6) is 5.75 Å². The molecule has 0 fully saturated rings. The van der Waals surface area contributed by atoms with Gasteiger partial charge < -0.3 is 10.5 Å². The monoisotopic (exact) mass is 280 g/mol. The minimum atomic E-state index is -0.332. The summed E-state index contributed by atoms with van der Waals surface area (Å²) in [5.41, 5.74) is 7.25. The Morgan fingerprint density at radius 1 is 1.42 bits per heavy atom. The Balaban J connectivity index is 2.18. The Labute approximate surface area is 116 Å². The van der Waals surface area contributed by atoms with Gasteiger partial charge in [0.15, 0.2) is 0 Å². The van der Waals surface area contributed by atoms with Gasteiger partial charge in [0.05, 0.1) is 5.02 Å². The van der Waals surface area contributed by atoms with Crippen LogP contribution in [0.4, 0.5) is 4.39 Å². The summed E-state index contributed by atoms with van der Waals surface area (Å²) >= 11 is 5.99. The molecular formula is C14H14ClFN2O. The van der Waals surface area contributed by atoms with E-state index in [1.165, 1.54) is 12.1 Å². The number of hydrogen-bond donors (Lipinski definition) is 1. The lowest BCUT2D eigenvalue weighted by Crippen LogP contribution is -2.08. The van der Waals surface area contributed by atoms with E-state index in [0.29, 0.717) is 16.3 Å². The molecule has 0 aliphatic carbocycles. The van der Waals surface area contributed by atoms with Crippen LogP contribution in [-0.4, -0.2) is 4.98 Å². The number of aromatic nitrogens is 1. The molecule has 0 amide bonds. The van der Waals surface area contributed by atoms with Crippen molar-refractivity contribution in [1.29, 1.82) is 0 Å². The molecule has 19 heavy (non-hydrogen) atoms. The molecule has 5 heteroatoms. The third-order valence-electron chi connectivity index (χ3n) is 2.70. The van der Waals surface area contributed by atoms with Gasteiger partial charge in [-0.2, -0.15) is 0 Å². The first-order valence-electron chi connectivity index (χ1n) is 5.84. The number of pyridine rings is 1. The number of benzene rings is 1. The van der Waals surface area contributed by atoms with Gasteiger partial charge in [0.1, 0.15) is 18.2 Å². The van der Waals surface area contributed by atoms with Gasteiger partial charge in [0, 0.05) is 29.6 Å². The first kappa shape index (κ1) is 13.8. The van der Waals surface area contributed by atoms with E-state index >= 15 is 0 Å². The summed E-state index contributed by atoms with van der Waals surface area (Å²) in [6.07, 6.45) is 3.19. The lowest BCUT2D eigenvalue weighted by Gasteiger charge is -2.14. The van der Waals surface area contributed by atoms with Gasteiger partial charge in [-0.25, -0.2) is 4.39 Å². The third kappa shape index (κ3) is 3.43. The summed E-state index contributed by atoms with van der Waals surface area (Å²) < 4.78 is 18.9. The molecule has 3 nitrogen and oxygen atoms in total. The molecule has 0 saturated carbocycles. The van der Waals surface area contributed by atoms with Gasteiger partial charge in [-0.1, -0.05) is 11.6 Å². The minimum absolute atomic E-state index is 0.284. The molecule has 2 N–H and O–H groups in total. The van der Waals surface area contributed by atoms with E-state index < -0.39 is 0 Å². The smallest absolute Gasteiger partial charge is 0.124 e. The van der Waals surface area contributed by atoms with E-state index in [9.17, 15) is 4.39 Å². The van der Waals surface area contributed by atoms with Crippen molar-refractivity contribution < 1.29 is 9.13 Å². The topological polar surface area (TPSA) is 48.1 Å². The maximum absolute atomic E-state index is 13.2. The standard InChI is InChI=1S/C14H14ClFN2O/c1-9(17)12-6-11(16)2-3-14(12)19-8-10-4-5-18-7-13(10)15/h2-7,9H,8,17H2,1H3/t9-/m1/s1. The zero-order chi connectivity index (χ0) is 13.8. The Hall–Kier alpha value is -1.65. The van der Waals surface area contributed by atoms with Crippen molar-refractivity contribution in [1.82, 2.24) is 4.98 Å². The predicted octanol–water partition coefficient (Wildman–Crippen LogP) is 3.47. The number of hydrogen-bond acceptors (Lipinski definition) is 3. The highest BCUT2D eigenvalue weighted by molar-refractivity contribution is 6.31. The van der Waals surface area contributed by atoms with Gasteiger partial charge in [0.2, 0.25) is 0 Å². The van der Waals surface area contributed by atoms with Crippen LogP contribution in [0, 0.1) is 5.82 Å². The zero-order valence-electron chi connectivity index (χ0n) is 10.4. The molecule has 0 unspecified atom stereocenters. The molecule has 1 heterocycles. The SMILES string of the molecule is C[C@@H](N)c1cc(F)ccc1OCc1ccncc1Cl. The lowest BCUT2D eigenvalue weighted by atomic mass is 10.1. The molecule has 1 atom stereocenters. The van der Waals surface area contributed by atoms with Crippen LogP contribution in [0.3, 0.4) is 0 Å². The molecular weight excluding hydrogens is 267 g/mol. The maximum Gasteiger partial charge on any atom is 0.124 e. The van der Waals surface area contributed by atoms with E-state index in [4.69, 9.17) is 22.1 Å². The summed E-state index contributed by atoms with van der Waals surface area (Å²) in [6.45, 7) is 2.06. The molecule has 0 spiro atoms. The van der Waals surface area contributed by atoms with Crippen LogP contribution >= 0.6 is 11.6 Å². The number of nitrogens with two attached hydrogens (primary N) is 1. The largest absolute Gasteiger partial charge is 0.489 e. The van der Waals surface area contributed by atoms with Crippen molar-refractivity contribution in [3.63, 3.8) is 0 Å². The van der Waals surface area contributed by atoms with Crippen LogP contribution in [0.1, 0.15) is 24.1 Å². The quantitative estimate of drug-likeness (QED) is 0.933. The summed E-state index contributed by atoms with van der Waals surface area (Å²) in [7, 11) is 0. The van der Waals surface area contributed by atoms with Gasteiger partial charge in [0.25, 0.3) is 0 Å². The van der Waals surface area contributed by atoms with Gasteiger partial charge in [-0.3, -0.25) is 4.98 Å². The first-order valence-corrected chi connectivity index (χ1v) is 6.22. The highest BCUT2D eigenvalue weighted by Gasteiger charge is 2.10. The van der Waals surface area contributed by atoms with E-state index in [-0.39, 0.29) is 18.5 Å². The van der Waals surface area contributed by atoms with Crippen LogP contribution in [0.15, 0.2) is 36.7 Å². The number of rotatable bonds is 4. The molecule has 2 aromatic rings. The summed E-state index contributed by atoms with van der Waals surface area (Å²) in [5.74, 6) is 0.228. The van der Waals surface area contributed by atoms with Crippen LogP contribution < -0.4 is 10.5 Å². The Morgan fingerprint density at radius 2 is 2.21 bits per heavy atom. The van der Waals surface area contributed by atoms with Gasteiger partial charge in [-0.05, 0) is 31.2 Å². The van der Waals surface area contributed by atoms with Gasteiger partial charge in [-0.15, -0.1) is 0 Å². The number of ether oxygens (including phenoxy) is 1. The van der Waals surface area contributed by atoms with E-state index in [1.807, 2.05) is 0 Å². The van der Waals surface area contributed by atoms with Crippen molar-refractivity contribution in [3.8, 4) is 5.75 Å². The molecule has 0 saturated heterocycles. The average Bonchev–Trinajstić information content (AvgIpc) is 2.38. The van der Waals surface area contributed by atoms with E-state index in [1.54, 1.807) is 31.5 Å². The zero-order valence-corrected chi connectivity index (χ0v) is 11.2. The van der Waals surface area contributed by atoms with Crippen LogP contribution in [0.25, 0.3) is 0 Å². The lowest BCUT2D eigenvalue weighted by molar-refractivity contribution is 0.301. The summed E-state index contributed by atoms with van der Waals surface area (Å²) in [5, 5.41) is 0.534. The summed E-state index contributed by atoms with van der Waals surface area (Å²) in [4.78, 5) is 3.90. The second-order valence-corrected chi connectivity index (χ2v) is 4.63. The highest BCUT2D eigenvalue weighted by atomic mass is 35.5. The minimum Gasteiger partial charge on any atom is -0.489 e. The van der Waals surface area contributed by atoms with Crippen LogP contribution in [-0.2, 0) is 6.61 Å².